The number of nitrogens with one attached hydrogen (secondary N) is 2. The van der Waals surface area contributed by atoms with E-state index in [0.29, 0.717) is 27.3 Å². The zero-order chi connectivity index (χ0) is 20.3. The number of hydrogen-bond donors (Lipinski definition) is 2. The first-order valence-corrected chi connectivity index (χ1v) is 9.84. The predicted molar refractivity (Wildman–Crippen MR) is 108 cm³/mol. The molecule has 0 bridgehead atoms. The van der Waals surface area contributed by atoms with Crippen LogP contribution < -0.4 is 10.1 Å². The van der Waals surface area contributed by atoms with Gasteiger partial charge < -0.3 is 10.1 Å². The molecule has 2 N–H and O–H groups in total. The molecule has 6 nitrogen and oxygen atoms in total. The van der Waals surface area contributed by atoms with E-state index in [-0.39, 0.29) is 18.1 Å². The number of hydrogen-bond acceptors (Lipinski definition) is 5. The lowest BCUT2D eigenvalue weighted by Crippen LogP contribution is -2.14. The highest BCUT2D eigenvalue weighted by Gasteiger charge is 2.43. The van der Waals surface area contributed by atoms with Crippen LogP contribution in [0, 0.1) is 18.7 Å². The molecule has 29 heavy (non-hydrogen) atoms. The van der Waals surface area contributed by atoms with Crippen LogP contribution in [0.2, 0.25) is 0 Å². The van der Waals surface area contributed by atoms with Crippen molar-refractivity contribution in [2.45, 2.75) is 19.5 Å². The molecule has 0 radical (unpaired) electrons. The minimum atomic E-state index is -1.05. The van der Waals surface area contributed by atoms with Crippen molar-refractivity contribution in [1.82, 2.24) is 15.2 Å². The standard InChI is InChI=1S/C20H16F2N4O2S/c1-8-15(11-7-23-26-17(11)18(28-2)16(8)22)9-3-4-13-14(5-9)29-20(24-13)25-19(27)10-6-12(10)21/h3-5,7,10,12H,6H2,1-2H3,(H,23,26)(H,24,25,27)/t10-,12+/m1/s1. The highest BCUT2D eigenvalue weighted by Crippen LogP contribution is 2.41. The van der Waals surface area contributed by atoms with Crippen LogP contribution in [0.25, 0.3) is 32.2 Å². The topological polar surface area (TPSA) is 79.9 Å². The van der Waals surface area contributed by atoms with Gasteiger partial charge in [-0.15, -0.1) is 0 Å². The second kappa shape index (κ2) is 6.48. The van der Waals surface area contributed by atoms with E-state index in [4.69, 9.17) is 4.74 Å². The fourth-order valence-electron chi connectivity index (χ4n) is 3.57. The van der Waals surface area contributed by atoms with Crippen LogP contribution in [0.4, 0.5) is 13.9 Å². The van der Waals surface area contributed by atoms with E-state index in [2.05, 4.69) is 20.5 Å². The van der Waals surface area contributed by atoms with Gasteiger partial charge >= 0.3 is 0 Å². The number of aromatic amines is 1. The molecule has 4 aromatic rings. The van der Waals surface area contributed by atoms with Crippen LogP contribution in [0.15, 0.2) is 24.4 Å². The van der Waals surface area contributed by atoms with Crippen LogP contribution in [0.3, 0.4) is 0 Å². The fourth-order valence-corrected chi connectivity index (χ4v) is 4.48. The Kier molecular flexibility index (Phi) is 4.02. The minimum Gasteiger partial charge on any atom is -0.491 e. The van der Waals surface area contributed by atoms with Crippen LogP contribution >= 0.6 is 11.3 Å². The van der Waals surface area contributed by atoms with E-state index in [1.165, 1.54) is 18.4 Å². The van der Waals surface area contributed by atoms with E-state index in [1.54, 1.807) is 13.1 Å². The summed E-state index contributed by atoms with van der Waals surface area (Å²) in [5.74, 6) is -1.22. The number of nitrogens with zero attached hydrogens (tertiary/aromatic N) is 2. The number of rotatable bonds is 4. The highest BCUT2D eigenvalue weighted by molar-refractivity contribution is 7.22. The van der Waals surface area contributed by atoms with E-state index in [1.807, 2.05) is 18.2 Å². The Morgan fingerprint density at radius 2 is 2.21 bits per heavy atom. The van der Waals surface area contributed by atoms with Crippen molar-refractivity contribution in [3.63, 3.8) is 0 Å². The van der Waals surface area contributed by atoms with E-state index >= 15 is 0 Å². The van der Waals surface area contributed by atoms with Crippen molar-refractivity contribution in [2.75, 3.05) is 12.4 Å². The van der Waals surface area contributed by atoms with Gasteiger partial charge in [0.2, 0.25) is 5.91 Å². The van der Waals surface area contributed by atoms with Gasteiger partial charge in [-0.3, -0.25) is 9.89 Å². The Morgan fingerprint density at radius 3 is 2.93 bits per heavy atom. The molecule has 2 atom stereocenters. The number of H-pyrrole nitrogens is 1. The summed E-state index contributed by atoms with van der Waals surface area (Å²) >= 11 is 1.30. The van der Waals surface area contributed by atoms with Crippen molar-refractivity contribution >= 4 is 43.5 Å². The number of amides is 1. The molecule has 2 heterocycles. The average molecular weight is 414 g/mol. The van der Waals surface area contributed by atoms with Gasteiger partial charge in [0.05, 0.1) is 29.4 Å². The SMILES string of the molecule is COc1c(F)c(C)c(-c2ccc3nc(NC(=O)[C@@H]4C[C@@H]4F)sc3c2)c2cn[nH]c12. The maximum absolute atomic E-state index is 14.9. The summed E-state index contributed by atoms with van der Waals surface area (Å²) in [4.78, 5) is 16.4. The van der Waals surface area contributed by atoms with Crippen LogP contribution in [-0.2, 0) is 4.79 Å². The van der Waals surface area contributed by atoms with Gasteiger partial charge in [-0.25, -0.2) is 13.8 Å². The molecule has 1 amide bonds. The Balaban J connectivity index is 1.58. The lowest BCUT2D eigenvalue weighted by molar-refractivity contribution is -0.117. The number of halogens is 2. The molecular weight excluding hydrogens is 398 g/mol. The Morgan fingerprint density at radius 1 is 1.41 bits per heavy atom. The predicted octanol–water partition coefficient (Wildman–Crippen LogP) is 4.59. The largest absolute Gasteiger partial charge is 0.491 e. The molecule has 1 fully saturated rings. The molecule has 1 aliphatic carbocycles. The molecule has 0 aliphatic heterocycles. The third-order valence-corrected chi connectivity index (χ3v) is 6.13. The molecule has 2 aromatic heterocycles. The first kappa shape index (κ1) is 18.0. The van der Waals surface area contributed by atoms with Gasteiger partial charge in [-0.05, 0) is 42.2 Å². The number of benzene rings is 2. The third kappa shape index (κ3) is 2.84. The second-order valence-corrected chi connectivity index (χ2v) is 8.09. The Labute approximate surface area is 167 Å². The lowest BCUT2D eigenvalue weighted by Gasteiger charge is -2.12. The van der Waals surface area contributed by atoms with E-state index in [9.17, 15) is 13.6 Å². The molecule has 0 spiro atoms. The van der Waals surface area contributed by atoms with Gasteiger partial charge in [-0.1, -0.05) is 17.4 Å². The molecule has 2 aromatic carbocycles. The maximum Gasteiger partial charge on any atom is 0.232 e. The molecule has 0 saturated heterocycles. The van der Waals surface area contributed by atoms with Gasteiger partial charge in [0.25, 0.3) is 0 Å². The molecule has 5 rings (SSSR count). The number of carbonyl (C=O) groups excluding carboxylic acids is 1. The summed E-state index contributed by atoms with van der Waals surface area (Å²) in [7, 11) is 1.42. The van der Waals surface area contributed by atoms with Crippen molar-refractivity contribution in [3.05, 3.63) is 35.8 Å². The van der Waals surface area contributed by atoms with Crippen LogP contribution in [0.1, 0.15) is 12.0 Å². The van der Waals surface area contributed by atoms with Gasteiger partial charge in [-0.2, -0.15) is 5.10 Å². The van der Waals surface area contributed by atoms with Crippen molar-refractivity contribution in [1.29, 1.82) is 0 Å². The smallest absolute Gasteiger partial charge is 0.232 e. The normalized spacial score (nSPS) is 18.3. The second-order valence-electron chi connectivity index (χ2n) is 7.05. The number of aromatic nitrogens is 3. The number of methoxy groups -OCH3 is 1. The quantitative estimate of drug-likeness (QED) is 0.512. The minimum absolute atomic E-state index is 0.133. The number of fused-ring (bicyclic) bond motifs is 2. The molecule has 0 unspecified atom stereocenters. The summed E-state index contributed by atoms with van der Waals surface area (Å²) in [5.41, 5.74) is 3.17. The average Bonchev–Trinajstić information content (AvgIpc) is 3.08. The summed E-state index contributed by atoms with van der Waals surface area (Å²) < 4.78 is 34.0. The zero-order valence-electron chi connectivity index (χ0n) is 15.5. The first-order valence-electron chi connectivity index (χ1n) is 9.03. The Hall–Kier alpha value is -3.07. The highest BCUT2D eigenvalue weighted by atomic mass is 32.1. The summed E-state index contributed by atoms with van der Waals surface area (Å²) in [6, 6.07) is 5.57. The van der Waals surface area contributed by atoms with Crippen LogP contribution in [0.5, 0.6) is 5.75 Å². The van der Waals surface area contributed by atoms with E-state index < -0.39 is 17.9 Å². The molecule has 1 saturated carbocycles. The third-order valence-electron chi connectivity index (χ3n) is 5.20. The van der Waals surface area contributed by atoms with Crippen LogP contribution in [-0.4, -0.2) is 34.4 Å². The first-order chi connectivity index (χ1) is 14.0. The number of alkyl halides is 1. The summed E-state index contributed by atoms with van der Waals surface area (Å²) in [5, 5.41) is 10.7. The number of carbonyl (C=O) groups is 1. The molecule has 148 valence electrons. The zero-order valence-corrected chi connectivity index (χ0v) is 16.4. The van der Waals surface area contributed by atoms with Gasteiger partial charge in [0.15, 0.2) is 16.7 Å². The van der Waals surface area contributed by atoms with Crippen molar-refractivity contribution in [3.8, 4) is 16.9 Å². The van der Waals surface area contributed by atoms with E-state index in [0.717, 1.165) is 15.6 Å². The van der Waals surface area contributed by atoms with Gasteiger partial charge in [0, 0.05) is 5.39 Å². The number of ether oxygens (including phenoxy) is 1. The maximum atomic E-state index is 14.9. The fraction of sp³-hybridized carbons (Fsp3) is 0.250. The summed E-state index contributed by atoms with van der Waals surface area (Å²) in [6.07, 6.45) is 0.857. The Bertz CT molecular complexity index is 1280. The molecular formula is C20H16F2N4O2S. The molecule has 1 aliphatic rings. The van der Waals surface area contributed by atoms with Gasteiger partial charge in [0.1, 0.15) is 11.7 Å². The summed E-state index contributed by atoms with van der Waals surface area (Å²) in [6.45, 7) is 1.70. The van der Waals surface area contributed by atoms with Crippen molar-refractivity contribution in [2.24, 2.45) is 5.92 Å². The molecule has 9 heteroatoms. The number of anilines is 1. The van der Waals surface area contributed by atoms with Crippen molar-refractivity contribution < 1.29 is 18.3 Å². The lowest BCUT2D eigenvalue weighted by atomic mass is 9.96. The number of thiazole rings is 1. The monoisotopic (exact) mass is 414 g/mol.